The van der Waals surface area contributed by atoms with Gasteiger partial charge in [0.05, 0.1) is 7.11 Å². The summed E-state index contributed by atoms with van der Waals surface area (Å²) >= 11 is 0. The lowest BCUT2D eigenvalue weighted by atomic mass is 9.93. The molecular weight excluding hydrogens is 310 g/mol. The fourth-order valence-corrected chi connectivity index (χ4v) is 2.86. The zero-order chi connectivity index (χ0) is 17.1. The van der Waals surface area contributed by atoms with E-state index < -0.39 is 35.6 Å². The molecule has 0 saturated carbocycles. The molecule has 0 unspecified atom stereocenters. The van der Waals surface area contributed by atoms with E-state index in [9.17, 15) is 18.4 Å². The zero-order valence-corrected chi connectivity index (χ0v) is 12.8. The summed E-state index contributed by atoms with van der Waals surface area (Å²) in [6.45, 7) is 2.30. The van der Waals surface area contributed by atoms with Crippen LogP contribution in [0.15, 0.2) is 12.1 Å². The summed E-state index contributed by atoms with van der Waals surface area (Å²) in [5.74, 6) is -3.13. The average Bonchev–Trinajstić information content (AvgIpc) is 2.76. The minimum Gasteiger partial charge on any atom is -0.497 e. The second-order valence-electron chi connectivity index (χ2n) is 5.32. The van der Waals surface area contributed by atoms with Crippen LogP contribution in [-0.2, 0) is 4.79 Å². The number of ether oxygens (including phenoxy) is 1. The Balaban J connectivity index is 2.42. The molecule has 0 spiro atoms. The molecule has 1 aliphatic heterocycles. The molecule has 0 bridgehead atoms. The minimum absolute atomic E-state index is 0.0150. The Morgan fingerprint density at radius 3 is 2.52 bits per heavy atom. The molecule has 2 amide bonds. The number of benzene rings is 1. The van der Waals surface area contributed by atoms with Gasteiger partial charge in [-0.3, -0.25) is 4.79 Å². The molecule has 1 saturated heterocycles. The Labute approximate surface area is 132 Å². The van der Waals surface area contributed by atoms with Crippen molar-refractivity contribution < 1.29 is 28.2 Å². The summed E-state index contributed by atoms with van der Waals surface area (Å²) in [5.41, 5.74) is -0.309. The smallest absolute Gasteiger partial charge is 0.405 e. The number of methoxy groups -OCH3 is 1. The molecule has 23 heavy (non-hydrogen) atoms. The highest BCUT2D eigenvalue weighted by molar-refractivity contribution is 5.88. The standard InChI is InChI=1S/C15H18F2N2O4/c1-3-4-19-7-9(13(14(19)20)18-15(21)22)12-10(16)5-8(23-2)6-11(12)17/h5-6,9,13,18H,3-4,7H2,1-2H3,(H,21,22)/t9-,13-/m0/s1. The number of amides is 2. The number of nitrogens with one attached hydrogen (secondary N) is 1. The summed E-state index contributed by atoms with van der Waals surface area (Å²) in [6, 6.07) is 0.822. The molecule has 1 fully saturated rings. The first-order valence-electron chi connectivity index (χ1n) is 7.20. The Morgan fingerprint density at radius 1 is 1.43 bits per heavy atom. The molecule has 2 N–H and O–H groups in total. The summed E-state index contributed by atoms with van der Waals surface area (Å²) in [7, 11) is 1.28. The van der Waals surface area contributed by atoms with Crippen molar-refractivity contribution in [2.24, 2.45) is 0 Å². The number of halogens is 2. The largest absolute Gasteiger partial charge is 0.497 e. The van der Waals surface area contributed by atoms with E-state index in [1.54, 1.807) is 0 Å². The van der Waals surface area contributed by atoms with Crippen LogP contribution in [0, 0.1) is 11.6 Å². The Hall–Kier alpha value is -2.38. The molecule has 0 aliphatic carbocycles. The Kier molecular flexibility index (Phi) is 5.02. The first-order chi connectivity index (χ1) is 10.9. The molecule has 0 radical (unpaired) electrons. The van der Waals surface area contributed by atoms with E-state index in [2.05, 4.69) is 5.32 Å². The van der Waals surface area contributed by atoms with Crippen molar-refractivity contribution in [3.63, 3.8) is 0 Å². The van der Waals surface area contributed by atoms with E-state index in [-0.39, 0.29) is 17.9 Å². The van der Waals surface area contributed by atoms with Crippen LogP contribution in [0.1, 0.15) is 24.8 Å². The normalized spacial score (nSPS) is 20.7. The monoisotopic (exact) mass is 328 g/mol. The third kappa shape index (κ3) is 3.35. The maximum absolute atomic E-state index is 14.3. The maximum atomic E-state index is 14.3. The van der Waals surface area contributed by atoms with Crippen LogP contribution in [0.4, 0.5) is 13.6 Å². The van der Waals surface area contributed by atoms with E-state index in [1.165, 1.54) is 12.0 Å². The van der Waals surface area contributed by atoms with Crippen LogP contribution >= 0.6 is 0 Å². The lowest BCUT2D eigenvalue weighted by Gasteiger charge is -2.18. The summed E-state index contributed by atoms with van der Waals surface area (Å²) < 4.78 is 33.3. The van der Waals surface area contributed by atoms with E-state index in [0.29, 0.717) is 13.0 Å². The SMILES string of the molecule is CCCN1C[C@@H](c2c(F)cc(OC)cc2F)[C@H](NC(=O)O)C1=O. The van der Waals surface area contributed by atoms with Gasteiger partial charge in [0, 0.05) is 36.7 Å². The van der Waals surface area contributed by atoms with Crippen LogP contribution in [0.5, 0.6) is 5.75 Å². The van der Waals surface area contributed by atoms with Crippen LogP contribution in [0.2, 0.25) is 0 Å². The van der Waals surface area contributed by atoms with Crippen molar-refractivity contribution in [3.8, 4) is 5.75 Å². The Morgan fingerprint density at radius 2 is 2.04 bits per heavy atom. The predicted octanol–water partition coefficient (Wildman–Crippen LogP) is 1.95. The van der Waals surface area contributed by atoms with Gasteiger partial charge < -0.3 is 20.1 Å². The number of carbonyl (C=O) groups is 2. The first kappa shape index (κ1) is 17.0. The van der Waals surface area contributed by atoms with Gasteiger partial charge in [-0.1, -0.05) is 6.92 Å². The highest BCUT2D eigenvalue weighted by Crippen LogP contribution is 2.34. The molecule has 2 rings (SSSR count). The van der Waals surface area contributed by atoms with Crippen molar-refractivity contribution in [1.82, 2.24) is 10.2 Å². The number of hydrogen-bond donors (Lipinski definition) is 2. The molecule has 1 aromatic carbocycles. The quantitative estimate of drug-likeness (QED) is 0.866. The summed E-state index contributed by atoms with van der Waals surface area (Å²) in [6.07, 6.45) is -0.757. The van der Waals surface area contributed by atoms with Crippen LogP contribution in [-0.4, -0.2) is 48.2 Å². The number of carboxylic acid groups (broad SMARTS) is 1. The third-order valence-corrected chi connectivity index (χ3v) is 3.83. The fraction of sp³-hybridized carbons (Fsp3) is 0.467. The molecule has 1 aliphatic rings. The van der Waals surface area contributed by atoms with Crippen LogP contribution < -0.4 is 10.1 Å². The summed E-state index contributed by atoms with van der Waals surface area (Å²) in [4.78, 5) is 24.6. The van der Waals surface area contributed by atoms with Gasteiger partial charge in [-0.2, -0.15) is 0 Å². The predicted molar refractivity (Wildman–Crippen MR) is 77.5 cm³/mol. The van der Waals surface area contributed by atoms with Gasteiger partial charge in [0.15, 0.2) is 0 Å². The molecule has 8 heteroatoms. The van der Waals surface area contributed by atoms with E-state index in [0.717, 1.165) is 12.1 Å². The van der Waals surface area contributed by atoms with Crippen molar-refractivity contribution >= 4 is 12.0 Å². The van der Waals surface area contributed by atoms with Gasteiger partial charge >= 0.3 is 6.09 Å². The number of carbonyl (C=O) groups excluding carboxylic acids is 1. The van der Waals surface area contributed by atoms with Crippen LogP contribution in [0.3, 0.4) is 0 Å². The van der Waals surface area contributed by atoms with Crippen molar-refractivity contribution in [3.05, 3.63) is 29.3 Å². The average molecular weight is 328 g/mol. The number of nitrogens with zero attached hydrogens (tertiary/aromatic N) is 1. The minimum atomic E-state index is -1.42. The molecular formula is C15H18F2N2O4. The zero-order valence-electron chi connectivity index (χ0n) is 12.8. The highest BCUT2D eigenvalue weighted by atomic mass is 19.1. The first-order valence-corrected chi connectivity index (χ1v) is 7.20. The molecule has 1 heterocycles. The van der Waals surface area contributed by atoms with E-state index >= 15 is 0 Å². The number of rotatable bonds is 5. The second-order valence-corrected chi connectivity index (χ2v) is 5.32. The Bertz CT molecular complexity index is 600. The van der Waals surface area contributed by atoms with Crippen molar-refractivity contribution in [2.45, 2.75) is 25.3 Å². The molecule has 126 valence electrons. The van der Waals surface area contributed by atoms with Crippen molar-refractivity contribution in [1.29, 1.82) is 0 Å². The van der Waals surface area contributed by atoms with Gasteiger partial charge in [0.25, 0.3) is 0 Å². The fourth-order valence-electron chi connectivity index (χ4n) is 2.86. The number of hydrogen-bond acceptors (Lipinski definition) is 3. The molecule has 2 atom stereocenters. The topological polar surface area (TPSA) is 78.9 Å². The van der Waals surface area contributed by atoms with Gasteiger partial charge in [-0.15, -0.1) is 0 Å². The number of likely N-dealkylation sites (tertiary alicyclic amines) is 1. The lowest BCUT2D eigenvalue weighted by Crippen LogP contribution is -2.43. The highest BCUT2D eigenvalue weighted by Gasteiger charge is 2.44. The van der Waals surface area contributed by atoms with Crippen LogP contribution in [0.25, 0.3) is 0 Å². The van der Waals surface area contributed by atoms with Gasteiger partial charge in [0.2, 0.25) is 5.91 Å². The van der Waals surface area contributed by atoms with Gasteiger partial charge in [-0.05, 0) is 6.42 Å². The molecule has 6 nitrogen and oxygen atoms in total. The maximum Gasteiger partial charge on any atom is 0.405 e. The van der Waals surface area contributed by atoms with Crippen molar-refractivity contribution in [2.75, 3.05) is 20.2 Å². The molecule has 1 aromatic rings. The molecule has 0 aromatic heterocycles. The van der Waals surface area contributed by atoms with Gasteiger partial charge in [0.1, 0.15) is 23.4 Å². The van der Waals surface area contributed by atoms with E-state index in [1.807, 2.05) is 6.92 Å². The second kappa shape index (κ2) is 6.80. The summed E-state index contributed by atoms with van der Waals surface area (Å²) in [5, 5.41) is 11.0. The van der Waals surface area contributed by atoms with Gasteiger partial charge in [-0.25, -0.2) is 13.6 Å². The lowest BCUT2D eigenvalue weighted by molar-refractivity contribution is -0.129. The third-order valence-electron chi connectivity index (χ3n) is 3.83. The van der Waals surface area contributed by atoms with E-state index in [4.69, 9.17) is 9.84 Å².